The van der Waals surface area contributed by atoms with E-state index in [1.165, 1.54) is 24.3 Å². The molecule has 0 bridgehead atoms. The van der Waals surface area contributed by atoms with Crippen LogP contribution in [0.2, 0.25) is 5.02 Å². The summed E-state index contributed by atoms with van der Waals surface area (Å²) in [6.07, 6.45) is 0. The van der Waals surface area contributed by atoms with Crippen molar-refractivity contribution in [3.63, 3.8) is 0 Å². The Labute approximate surface area is 191 Å². The van der Waals surface area contributed by atoms with Crippen LogP contribution in [0.5, 0.6) is 0 Å². The number of sulfonamides is 1. The quantitative estimate of drug-likeness (QED) is 0.518. The highest BCUT2D eigenvalue weighted by Crippen LogP contribution is 2.30. The summed E-state index contributed by atoms with van der Waals surface area (Å²) >= 11 is 6.20. The van der Waals surface area contributed by atoms with Crippen LogP contribution in [0.4, 0.5) is 5.69 Å². The standard InChI is InChI=1S/C23H21ClN2O5S/c1-16-20(24)11-6-12-21(16)26(32(30,31)19-9-3-2-4-10-19)15-22(27)25-14-17-7-5-8-18(13-17)23(28)29/h2-13H,14-15H2,1H3,(H,25,27)(H,28,29). The number of carboxylic acid groups (broad SMARTS) is 1. The number of amides is 1. The molecule has 3 rings (SSSR count). The lowest BCUT2D eigenvalue weighted by Crippen LogP contribution is -2.41. The third-order valence-corrected chi connectivity index (χ3v) is 6.97. The zero-order valence-electron chi connectivity index (χ0n) is 17.2. The van der Waals surface area contributed by atoms with Crippen LogP contribution in [-0.4, -0.2) is 31.9 Å². The molecule has 1 amide bonds. The molecule has 3 aromatic carbocycles. The van der Waals surface area contributed by atoms with Gasteiger partial charge < -0.3 is 10.4 Å². The zero-order valence-corrected chi connectivity index (χ0v) is 18.7. The van der Waals surface area contributed by atoms with Crippen LogP contribution in [0.1, 0.15) is 21.5 Å². The Morgan fingerprint density at radius 3 is 2.38 bits per heavy atom. The lowest BCUT2D eigenvalue weighted by Gasteiger charge is -2.26. The first kappa shape index (κ1) is 23.3. The summed E-state index contributed by atoms with van der Waals surface area (Å²) in [5.74, 6) is -1.63. The second-order valence-electron chi connectivity index (χ2n) is 6.99. The molecule has 166 valence electrons. The SMILES string of the molecule is Cc1c(Cl)cccc1N(CC(=O)NCc1cccc(C(=O)O)c1)S(=O)(=O)c1ccccc1. The maximum absolute atomic E-state index is 13.4. The van der Waals surface area contributed by atoms with Gasteiger partial charge in [0.15, 0.2) is 0 Å². The Kier molecular flexibility index (Phi) is 7.17. The largest absolute Gasteiger partial charge is 0.478 e. The van der Waals surface area contributed by atoms with Gasteiger partial charge in [-0.3, -0.25) is 9.10 Å². The van der Waals surface area contributed by atoms with Crippen LogP contribution in [0.25, 0.3) is 0 Å². The maximum atomic E-state index is 13.4. The monoisotopic (exact) mass is 472 g/mol. The molecule has 32 heavy (non-hydrogen) atoms. The highest BCUT2D eigenvalue weighted by atomic mass is 35.5. The average Bonchev–Trinajstić information content (AvgIpc) is 2.79. The molecule has 0 aliphatic rings. The van der Waals surface area contributed by atoms with Gasteiger partial charge in [0.2, 0.25) is 5.91 Å². The van der Waals surface area contributed by atoms with Crippen LogP contribution in [-0.2, 0) is 21.4 Å². The van der Waals surface area contributed by atoms with Crippen molar-refractivity contribution in [2.75, 3.05) is 10.8 Å². The second kappa shape index (κ2) is 9.84. The van der Waals surface area contributed by atoms with Crippen molar-refractivity contribution in [1.82, 2.24) is 5.32 Å². The molecule has 0 unspecified atom stereocenters. The maximum Gasteiger partial charge on any atom is 0.335 e. The molecule has 9 heteroatoms. The summed E-state index contributed by atoms with van der Waals surface area (Å²) in [7, 11) is -4.05. The second-order valence-corrected chi connectivity index (χ2v) is 9.26. The summed E-state index contributed by atoms with van der Waals surface area (Å²) < 4.78 is 27.7. The number of rotatable bonds is 8. The van der Waals surface area contributed by atoms with E-state index in [1.807, 2.05) is 0 Å². The lowest BCUT2D eigenvalue weighted by molar-refractivity contribution is -0.119. The van der Waals surface area contributed by atoms with Crippen molar-refractivity contribution in [2.45, 2.75) is 18.4 Å². The lowest BCUT2D eigenvalue weighted by atomic mass is 10.1. The summed E-state index contributed by atoms with van der Waals surface area (Å²) in [5.41, 5.74) is 1.49. The van der Waals surface area contributed by atoms with E-state index in [4.69, 9.17) is 16.7 Å². The van der Waals surface area contributed by atoms with Crippen LogP contribution >= 0.6 is 11.6 Å². The van der Waals surface area contributed by atoms with Gasteiger partial charge in [-0.1, -0.05) is 48.0 Å². The molecule has 3 aromatic rings. The van der Waals surface area contributed by atoms with Gasteiger partial charge in [0.1, 0.15) is 6.54 Å². The van der Waals surface area contributed by atoms with Gasteiger partial charge in [-0.25, -0.2) is 13.2 Å². The van der Waals surface area contributed by atoms with E-state index >= 15 is 0 Å². The van der Waals surface area contributed by atoms with Crippen LogP contribution < -0.4 is 9.62 Å². The Morgan fingerprint density at radius 1 is 1.00 bits per heavy atom. The van der Waals surface area contributed by atoms with E-state index in [0.717, 1.165) is 4.31 Å². The highest BCUT2D eigenvalue weighted by molar-refractivity contribution is 7.92. The minimum absolute atomic E-state index is 0.0429. The molecule has 0 saturated carbocycles. The minimum Gasteiger partial charge on any atom is -0.478 e. The molecule has 0 spiro atoms. The number of anilines is 1. The van der Waals surface area contributed by atoms with E-state index < -0.39 is 28.4 Å². The van der Waals surface area contributed by atoms with Crippen molar-refractivity contribution < 1.29 is 23.1 Å². The van der Waals surface area contributed by atoms with Gasteiger partial charge in [0, 0.05) is 11.6 Å². The topological polar surface area (TPSA) is 104 Å². The van der Waals surface area contributed by atoms with E-state index in [1.54, 1.807) is 55.5 Å². The fourth-order valence-electron chi connectivity index (χ4n) is 3.09. The molecule has 0 aromatic heterocycles. The summed E-state index contributed by atoms with van der Waals surface area (Å²) in [6, 6.07) is 18.8. The molecule has 7 nitrogen and oxygen atoms in total. The Balaban J connectivity index is 1.87. The summed E-state index contributed by atoms with van der Waals surface area (Å²) in [5, 5.41) is 12.1. The molecule has 0 aliphatic heterocycles. The number of nitrogens with zero attached hydrogens (tertiary/aromatic N) is 1. The number of carboxylic acids is 1. The van der Waals surface area contributed by atoms with Gasteiger partial charge in [-0.2, -0.15) is 0 Å². The number of carbonyl (C=O) groups is 2. The van der Waals surface area contributed by atoms with E-state index in [0.29, 0.717) is 21.8 Å². The number of benzene rings is 3. The minimum atomic E-state index is -4.05. The first-order chi connectivity index (χ1) is 15.2. The molecule has 0 heterocycles. The molecule has 0 aliphatic carbocycles. The number of hydrogen-bond donors (Lipinski definition) is 2. The Bertz CT molecular complexity index is 1250. The van der Waals surface area contributed by atoms with Crippen molar-refractivity contribution >= 4 is 39.2 Å². The molecular formula is C23H21ClN2O5S. The first-order valence-electron chi connectivity index (χ1n) is 9.62. The normalized spacial score (nSPS) is 11.1. The number of aromatic carboxylic acids is 1. The van der Waals surface area contributed by atoms with E-state index in [9.17, 15) is 18.0 Å². The van der Waals surface area contributed by atoms with Crippen LogP contribution in [0, 0.1) is 6.92 Å². The van der Waals surface area contributed by atoms with E-state index in [-0.39, 0.29) is 17.0 Å². The van der Waals surface area contributed by atoms with Gasteiger partial charge in [0.25, 0.3) is 10.0 Å². The summed E-state index contributed by atoms with van der Waals surface area (Å²) in [6.45, 7) is 1.26. The number of halogens is 1. The molecule has 2 N–H and O–H groups in total. The van der Waals surface area contributed by atoms with Crippen LogP contribution in [0.3, 0.4) is 0 Å². The van der Waals surface area contributed by atoms with E-state index in [2.05, 4.69) is 5.32 Å². The molecular weight excluding hydrogens is 452 g/mol. The van der Waals surface area contributed by atoms with Crippen molar-refractivity contribution in [2.24, 2.45) is 0 Å². The van der Waals surface area contributed by atoms with Crippen molar-refractivity contribution in [3.05, 3.63) is 94.5 Å². The molecule has 0 fully saturated rings. The third kappa shape index (κ3) is 5.27. The predicted molar refractivity (Wildman–Crippen MR) is 122 cm³/mol. The Morgan fingerprint density at radius 2 is 1.69 bits per heavy atom. The Hall–Kier alpha value is -3.36. The van der Waals surface area contributed by atoms with Crippen LogP contribution in [0.15, 0.2) is 77.7 Å². The van der Waals surface area contributed by atoms with Gasteiger partial charge in [-0.15, -0.1) is 0 Å². The highest BCUT2D eigenvalue weighted by Gasteiger charge is 2.28. The molecule has 0 radical (unpaired) electrons. The molecule has 0 atom stereocenters. The predicted octanol–water partition coefficient (Wildman–Crippen LogP) is 3.86. The number of hydrogen-bond acceptors (Lipinski definition) is 4. The van der Waals surface area contributed by atoms with Gasteiger partial charge in [-0.05, 0) is 54.4 Å². The fraction of sp³-hybridized carbons (Fsp3) is 0.130. The average molecular weight is 473 g/mol. The fourth-order valence-corrected chi connectivity index (χ4v) is 4.76. The summed E-state index contributed by atoms with van der Waals surface area (Å²) in [4.78, 5) is 23.9. The first-order valence-corrected chi connectivity index (χ1v) is 11.4. The smallest absolute Gasteiger partial charge is 0.335 e. The van der Waals surface area contributed by atoms with Gasteiger partial charge in [0.05, 0.1) is 16.1 Å². The number of carbonyl (C=O) groups excluding carboxylic acids is 1. The van der Waals surface area contributed by atoms with Crippen molar-refractivity contribution in [1.29, 1.82) is 0 Å². The third-order valence-electron chi connectivity index (χ3n) is 4.79. The number of nitrogens with one attached hydrogen (secondary N) is 1. The van der Waals surface area contributed by atoms with Gasteiger partial charge >= 0.3 is 5.97 Å². The van der Waals surface area contributed by atoms with Crippen molar-refractivity contribution in [3.8, 4) is 0 Å². The molecule has 0 saturated heterocycles. The zero-order chi connectivity index (χ0) is 23.3.